The van der Waals surface area contributed by atoms with Crippen molar-refractivity contribution in [1.29, 1.82) is 0 Å². The second-order valence-electron chi connectivity index (χ2n) is 9.76. The summed E-state index contributed by atoms with van der Waals surface area (Å²) < 4.78 is 17.5. The average molecular weight is 493 g/mol. The van der Waals surface area contributed by atoms with E-state index in [1.165, 1.54) is 6.08 Å². The summed E-state index contributed by atoms with van der Waals surface area (Å²) in [5.74, 6) is 1.41. The largest absolute Gasteiger partial charge is 0.493 e. The normalized spacial score (nSPS) is 11.4. The lowest BCUT2D eigenvalue weighted by atomic mass is 9.97. The van der Waals surface area contributed by atoms with Crippen LogP contribution in [0.15, 0.2) is 55.1 Å². The van der Waals surface area contributed by atoms with E-state index in [1.807, 2.05) is 18.2 Å². The van der Waals surface area contributed by atoms with Crippen LogP contribution in [-0.2, 0) is 11.2 Å². The summed E-state index contributed by atoms with van der Waals surface area (Å²) in [5.41, 5.74) is 1.71. The maximum absolute atomic E-state index is 12.9. The monoisotopic (exact) mass is 492 g/mol. The van der Waals surface area contributed by atoms with E-state index in [0.717, 1.165) is 42.6 Å². The number of ether oxygens (including phenoxy) is 3. The first kappa shape index (κ1) is 28.9. The van der Waals surface area contributed by atoms with Gasteiger partial charge in [0, 0.05) is 17.2 Å². The fourth-order valence-corrected chi connectivity index (χ4v) is 3.19. The van der Waals surface area contributed by atoms with Crippen LogP contribution in [-0.4, -0.2) is 25.0 Å². The van der Waals surface area contributed by atoms with Gasteiger partial charge < -0.3 is 14.2 Å². The molecule has 5 nitrogen and oxygen atoms in total. The van der Waals surface area contributed by atoms with Gasteiger partial charge >= 0.3 is 5.97 Å². The van der Waals surface area contributed by atoms with Crippen molar-refractivity contribution in [2.75, 3.05) is 13.2 Å². The van der Waals surface area contributed by atoms with Gasteiger partial charge in [-0.05, 0) is 88.1 Å². The summed E-state index contributed by atoms with van der Waals surface area (Å²) >= 11 is 0. The number of hydrogen-bond acceptors (Lipinski definition) is 5. The van der Waals surface area contributed by atoms with Crippen molar-refractivity contribution >= 4 is 17.8 Å². The molecule has 0 saturated heterocycles. The van der Waals surface area contributed by atoms with E-state index in [2.05, 4.69) is 20.4 Å². The highest BCUT2D eigenvalue weighted by Crippen LogP contribution is 2.32. The van der Waals surface area contributed by atoms with Crippen LogP contribution in [0.1, 0.15) is 81.8 Å². The molecule has 5 heteroatoms. The van der Waals surface area contributed by atoms with Crippen molar-refractivity contribution in [3.63, 3.8) is 0 Å². The summed E-state index contributed by atoms with van der Waals surface area (Å²) in [6, 6.07) is 10.5. The quantitative estimate of drug-likeness (QED) is 0.0678. The Hall–Kier alpha value is -3.34. The third-order valence-electron chi connectivity index (χ3n) is 5.44. The Labute approximate surface area is 216 Å². The Kier molecular flexibility index (Phi) is 11.5. The van der Waals surface area contributed by atoms with Crippen molar-refractivity contribution in [1.82, 2.24) is 0 Å². The highest BCUT2D eigenvalue weighted by molar-refractivity contribution is 6.07. The first-order chi connectivity index (χ1) is 17.2. The summed E-state index contributed by atoms with van der Waals surface area (Å²) in [6.45, 7) is 14.7. The van der Waals surface area contributed by atoms with Gasteiger partial charge in [0.1, 0.15) is 17.2 Å². The Morgan fingerprint density at radius 2 is 1.53 bits per heavy atom. The molecule has 2 rings (SSSR count). The van der Waals surface area contributed by atoms with Gasteiger partial charge in [-0.3, -0.25) is 9.59 Å². The van der Waals surface area contributed by atoms with Crippen LogP contribution >= 0.6 is 0 Å². The van der Waals surface area contributed by atoms with E-state index < -0.39 is 5.41 Å². The van der Waals surface area contributed by atoms with E-state index in [9.17, 15) is 9.59 Å². The molecule has 0 amide bonds. The summed E-state index contributed by atoms with van der Waals surface area (Å²) in [7, 11) is 0. The van der Waals surface area contributed by atoms with Gasteiger partial charge in [-0.15, -0.1) is 6.58 Å². The average Bonchev–Trinajstić information content (AvgIpc) is 2.84. The number of allylic oxidation sites excluding steroid dienone is 2. The zero-order chi connectivity index (χ0) is 26.6. The number of esters is 1. The van der Waals surface area contributed by atoms with Crippen LogP contribution in [0.5, 0.6) is 17.2 Å². The molecular weight excluding hydrogens is 452 g/mol. The minimum atomic E-state index is -0.602. The van der Waals surface area contributed by atoms with E-state index in [-0.39, 0.29) is 11.8 Å². The number of ketones is 1. The third-order valence-corrected chi connectivity index (χ3v) is 5.44. The number of carbonyl (C=O) groups excluding carboxylic acids is 2. The van der Waals surface area contributed by atoms with Gasteiger partial charge in [0.15, 0.2) is 5.78 Å². The molecule has 2 aromatic rings. The van der Waals surface area contributed by atoms with Crippen molar-refractivity contribution in [2.45, 2.75) is 66.7 Å². The molecule has 36 heavy (non-hydrogen) atoms. The molecular formula is C31H40O5. The number of carbonyl (C=O) groups is 2. The smallest absolute Gasteiger partial charge is 0.316 e. The Morgan fingerprint density at radius 3 is 2.08 bits per heavy atom. The number of benzene rings is 2. The van der Waals surface area contributed by atoms with E-state index in [4.69, 9.17) is 14.2 Å². The fourth-order valence-electron chi connectivity index (χ4n) is 3.19. The Bertz CT molecular complexity index is 1040. The molecule has 0 aliphatic rings. The predicted octanol–water partition coefficient (Wildman–Crippen LogP) is 7.62. The zero-order valence-corrected chi connectivity index (χ0v) is 22.4. The first-order valence-electron chi connectivity index (χ1n) is 12.8. The molecule has 2 aromatic carbocycles. The van der Waals surface area contributed by atoms with Crippen molar-refractivity contribution in [3.05, 3.63) is 71.8 Å². The van der Waals surface area contributed by atoms with Crippen LogP contribution in [0.25, 0.3) is 6.08 Å². The lowest BCUT2D eigenvalue weighted by molar-refractivity contribution is -0.143. The van der Waals surface area contributed by atoms with Gasteiger partial charge in [-0.25, -0.2) is 0 Å². The molecule has 194 valence electrons. The lowest BCUT2D eigenvalue weighted by Gasteiger charge is -2.16. The zero-order valence-electron chi connectivity index (χ0n) is 22.4. The molecule has 0 heterocycles. The minimum Gasteiger partial charge on any atom is -0.493 e. The molecule has 0 aromatic heterocycles. The first-order valence-corrected chi connectivity index (χ1v) is 12.8. The molecule has 0 spiro atoms. The van der Waals surface area contributed by atoms with Crippen LogP contribution < -0.4 is 14.2 Å². The van der Waals surface area contributed by atoms with Crippen molar-refractivity contribution in [2.24, 2.45) is 5.41 Å². The predicted molar refractivity (Wildman–Crippen MR) is 146 cm³/mol. The lowest BCUT2D eigenvalue weighted by Crippen LogP contribution is -2.25. The van der Waals surface area contributed by atoms with Crippen LogP contribution in [0.3, 0.4) is 0 Å². The molecule has 0 aliphatic heterocycles. The number of rotatable bonds is 14. The number of hydrogen-bond donors (Lipinski definition) is 0. The van der Waals surface area contributed by atoms with Crippen LogP contribution in [0.4, 0.5) is 0 Å². The van der Waals surface area contributed by atoms with E-state index >= 15 is 0 Å². The molecule has 0 unspecified atom stereocenters. The molecule has 0 radical (unpaired) electrons. The molecule has 0 saturated carbocycles. The third kappa shape index (κ3) is 9.03. The highest BCUT2D eigenvalue weighted by atomic mass is 16.5. The molecule has 0 N–H and O–H groups in total. The Morgan fingerprint density at radius 1 is 0.917 bits per heavy atom. The second kappa shape index (κ2) is 14.3. The van der Waals surface area contributed by atoms with Gasteiger partial charge in [0.05, 0.1) is 18.6 Å². The van der Waals surface area contributed by atoms with Gasteiger partial charge in [-0.2, -0.15) is 0 Å². The molecule has 0 bridgehead atoms. The number of unbranched alkanes of at least 4 members (excludes halogenated alkanes) is 2. The standard InChI is InChI=1S/C31H40O5/c1-7-10-19-34-28-22-29(35-20-11-8-2)25(21-24(28)12-9-3)15-18-27(32)23-13-16-26(17-14-23)36-30(33)31(4,5)6/h9,13-18,21-22H,3,7-8,10-12,19-20H2,1-2,4-6H3/b18-15+. The second-order valence-corrected chi connectivity index (χ2v) is 9.76. The van der Waals surface area contributed by atoms with Gasteiger partial charge in [-0.1, -0.05) is 32.8 Å². The Balaban J connectivity index is 2.26. The van der Waals surface area contributed by atoms with E-state index in [1.54, 1.807) is 51.1 Å². The van der Waals surface area contributed by atoms with Crippen molar-refractivity contribution < 1.29 is 23.8 Å². The summed E-state index contributed by atoms with van der Waals surface area (Å²) in [4.78, 5) is 24.9. The molecule has 0 atom stereocenters. The molecule has 0 fully saturated rings. The molecule has 0 aliphatic carbocycles. The van der Waals surface area contributed by atoms with E-state index in [0.29, 0.717) is 36.7 Å². The minimum absolute atomic E-state index is 0.156. The summed E-state index contributed by atoms with van der Waals surface area (Å²) in [6.07, 6.45) is 9.80. The van der Waals surface area contributed by atoms with Crippen LogP contribution in [0, 0.1) is 5.41 Å². The topological polar surface area (TPSA) is 61.8 Å². The van der Waals surface area contributed by atoms with Gasteiger partial charge in [0.25, 0.3) is 0 Å². The van der Waals surface area contributed by atoms with Crippen LogP contribution in [0.2, 0.25) is 0 Å². The maximum Gasteiger partial charge on any atom is 0.316 e. The highest BCUT2D eigenvalue weighted by Gasteiger charge is 2.23. The maximum atomic E-state index is 12.9. The fraction of sp³-hybridized carbons (Fsp3) is 0.419. The summed E-state index contributed by atoms with van der Waals surface area (Å²) in [5, 5.41) is 0. The SMILES string of the molecule is C=CCc1cc(/C=C/C(=O)c2ccc(OC(=O)C(C)(C)C)cc2)c(OCCCC)cc1OCCCC. The van der Waals surface area contributed by atoms with Crippen molar-refractivity contribution in [3.8, 4) is 17.2 Å². The van der Waals surface area contributed by atoms with Gasteiger partial charge in [0.2, 0.25) is 0 Å².